The molecule has 0 saturated carbocycles. The van der Waals surface area contributed by atoms with Crippen molar-refractivity contribution in [1.82, 2.24) is 4.31 Å². The van der Waals surface area contributed by atoms with Crippen LogP contribution in [0.1, 0.15) is 13.3 Å². The maximum atomic E-state index is 12.5. The molecular formula is C11H14Br2N2O2S2. The average Bonchev–Trinajstić information content (AvgIpc) is 2.30. The van der Waals surface area contributed by atoms with Gasteiger partial charge in [0.1, 0.15) is 0 Å². The molecule has 0 amide bonds. The van der Waals surface area contributed by atoms with Crippen LogP contribution in [0, 0.1) is 0 Å². The van der Waals surface area contributed by atoms with Crippen molar-refractivity contribution in [3.8, 4) is 0 Å². The van der Waals surface area contributed by atoms with Gasteiger partial charge in [0, 0.05) is 28.5 Å². The van der Waals surface area contributed by atoms with E-state index in [1.165, 1.54) is 11.4 Å². The molecule has 1 aromatic rings. The Morgan fingerprint density at radius 2 is 2.05 bits per heavy atom. The van der Waals surface area contributed by atoms with Gasteiger partial charge in [-0.25, -0.2) is 8.42 Å². The van der Waals surface area contributed by atoms with Crippen molar-refractivity contribution >= 4 is 59.1 Å². The Morgan fingerprint density at radius 3 is 2.58 bits per heavy atom. The Kier molecular flexibility index (Phi) is 5.94. The van der Waals surface area contributed by atoms with Crippen molar-refractivity contribution in [2.75, 3.05) is 7.05 Å². The maximum absolute atomic E-state index is 12.5. The number of thiocarbonyl (C=S) groups is 1. The molecule has 0 fully saturated rings. The number of halogens is 2. The van der Waals surface area contributed by atoms with Gasteiger partial charge in [0.2, 0.25) is 10.0 Å². The predicted molar refractivity (Wildman–Crippen MR) is 87.7 cm³/mol. The molecular weight excluding hydrogens is 416 g/mol. The number of nitrogens with two attached hydrogens (primary N) is 1. The Bertz CT molecular complexity index is 590. The van der Waals surface area contributed by atoms with Crippen LogP contribution in [0.3, 0.4) is 0 Å². The van der Waals surface area contributed by atoms with E-state index in [2.05, 4.69) is 31.9 Å². The van der Waals surface area contributed by atoms with Gasteiger partial charge in [-0.2, -0.15) is 4.31 Å². The fourth-order valence-electron chi connectivity index (χ4n) is 1.49. The normalized spacial score (nSPS) is 13.5. The number of benzene rings is 1. The van der Waals surface area contributed by atoms with Crippen molar-refractivity contribution in [3.63, 3.8) is 0 Å². The summed E-state index contributed by atoms with van der Waals surface area (Å²) in [4.78, 5) is 0.502. The third kappa shape index (κ3) is 4.22. The summed E-state index contributed by atoms with van der Waals surface area (Å²) in [5.41, 5.74) is 5.46. The van der Waals surface area contributed by atoms with E-state index in [4.69, 9.17) is 18.0 Å². The number of sulfonamides is 1. The van der Waals surface area contributed by atoms with Gasteiger partial charge in [-0.3, -0.25) is 0 Å². The van der Waals surface area contributed by atoms with E-state index >= 15 is 0 Å². The lowest BCUT2D eigenvalue weighted by molar-refractivity contribution is 0.397. The van der Waals surface area contributed by atoms with Crippen LogP contribution in [-0.4, -0.2) is 30.8 Å². The Morgan fingerprint density at radius 1 is 1.47 bits per heavy atom. The summed E-state index contributed by atoms with van der Waals surface area (Å²) in [6.45, 7) is 1.77. The van der Waals surface area contributed by atoms with E-state index in [1.807, 2.05) is 0 Å². The van der Waals surface area contributed by atoms with Crippen LogP contribution in [-0.2, 0) is 10.0 Å². The average molecular weight is 430 g/mol. The zero-order chi connectivity index (χ0) is 14.8. The molecule has 0 aliphatic rings. The fourth-order valence-corrected chi connectivity index (χ4v) is 4.55. The third-order valence-corrected chi connectivity index (χ3v) is 6.29. The molecule has 106 valence electrons. The van der Waals surface area contributed by atoms with Crippen LogP contribution < -0.4 is 5.73 Å². The quantitative estimate of drug-likeness (QED) is 0.731. The van der Waals surface area contributed by atoms with Crippen LogP contribution >= 0.6 is 44.1 Å². The summed E-state index contributed by atoms with van der Waals surface area (Å²) in [5.74, 6) is 0. The molecule has 0 bridgehead atoms. The van der Waals surface area contributed by atoms with Gasteiger partial charge in [-0.1, -0.05) is 28.1 Å². The standard InChI is InChI=1S/C11H14Br2N2O2S2/c1-7(5-11(14)18)15(2)19(16,17)10-6-8(12)3-4-9(10)13/h3-4,6-7H,5H2,1-2H3,(H2,14,18). The SMILES string of the molecule is CC(CC(N)=S)N(C)S(=O)(=O)c1cc(Br)ccc1Br. The molecule has 1 aromatic carbocycles. The summed E-state index contributed by atoms with van der Waals surface area (Å²) < 4.78 is 27.5. The Labute approximate surface area is 135 Å². The first-order valence-electron chi connectivity index (χ1n) is 5.37. The topological polar surface area (TPSA) is 63.4 Å². The molecule has 1 rings (SSSR count). The molecule has 0 spiro atoms. The van der Waals surface area contributed by atoms with Crippen molar-refractivity contribution in [1.29, 1.82) is 0 Å². The van der Waals surface area contributed by atoms with E-state index in [1.54, 1.807) is 25.1 Å². The van der Waals surface area contributed by atoms with Crippen LogP contribution in [0.4, 0.5) is 0 Å². The van der Waals surface area contributed by atoms with Gasteiger partial charge >= 0.3 is 0 Å². The third-order valence-electron chi connectivity index (χ3n) is 2.67. The number of rotatable bonds is 5. The number of hydrogen-bond donors (Lipinski definition) is 1. The summed E-state index contributed by atoms with van der Waals surface area (Å²) >= 11 is 11.3. The maximum Gasteiger partial charge on any atom is 0.244 e. The molecule has 0 radical (unpaired) electrons. The highest BCUT2D eigenvalue weighted by Crippen LogP contribution is 2.28. The minimum Gasteiger partial charge on any atom is -0.393 e. The van der Waals surface area contributed by atoms with Gasteiger partial charge in [0.25, 0.3) is 0 Å². The van der Waals surface area contributed by atoms with Crippen LogP contribution in [0.2, 0.25) is 0 Å². The molecule has 0 aliphatic heterocycles. The highest BCUT2D eigenvalue weighted by Gasteiger charge is 2.27. The van der Waals surface area contributed by atoms with Crippen molar-refractivity contribution in [2.24, 2.45) is 5.73 Å². The Hall–Kier alpha value is -0.0200. The molecule has 1 atom stereocenters. The highest BCUT2D eigenvalue weighted by molar-refractivity contribution is 9.11. The van der Waals surface area contributed by atoms with Gasteiger partial charge < -0.3 is 5.73 Å². The molecule has 8 heteroatoms. The van der Waals surface area contributed by atoms with Gasteiger partial charge in [0.05, 0.1) is 9.88 Å². The highest BCUT2D eigenvalue weighted by atomic mass is 79.9. The summed E-state index contributed by atoms with van der Waals surface area (Å²) in [5, 5.41) is 0. The van der Waals surface area contributed by atoms with Gasteiger partial charge in [0.15, 0.2) is 0 Å². The van der Waals surface area contributed by atoms with E-state index in [-0.39, 0.29) is 10.9 Å². The molecule has 2 N–H and O–H groups in total. The predicted octanol–water partition coefficient (Wildman–Crippen LogP) is 2.90. The minimum absolute atomic E-state index is 0.208. The van der Waals surface area contributed by atoms with Crippen molar-refractivity contribution < 1.29 is 8.42 Å². The fraction of sp³-hybridized carbons (Fsp3) is 0.364. The molecule has 0 aliphatic carbocycles. The number of nitrogens with zero attached hydrogens (tertiary/aromatic N) is 1. The summed E-state index contributed by atoms with van der Waals surface area (Å²) in [6.07, 6.45) is 0.344. The second-order valence-corrected chi connectivity index (χ2v) is 8.38. The minimum atomic E-state index is -3.60. The van der Waals surface area contributed by atoms with E-state index in [0.717, 1.165) is 0 Å². The zero-order valence-corrected chi connectivity index (χ0v) is 15.2. The molecule has 1 unspecified atom stereocenters. The van der Waals surface area contributed by atoms with E-state index < -0.39 is 10.0 Å². The lowest BCUT2D eigenvalue weighted by atomic mass is 10.2. The van der Waals surface area contributed by atoms with Crippen molar-refractivity contribution in [2.45, 2.75) is 24.3 Å². The largest absolute Gasteiger partial charge is 0.393 e. The monoisotopic (exact) mass is 428 g/mol. The Balaban J connectivity index is 3.16. The molecule has 4 nitrogen and oxygen atoms in total. The van der Waals surface area contributed by atoms with Crippen LogP contribution in [0.5, 0.6) is 0 Å². The lowest BCUT2D eigenvalue weighted by Crippen LogP contribution is -2.37. The van der Waals surface area contributed by atoms with Crippen molar-refractivity contribution in [3.05, 3.63) is 27.1 Å². The van der Waals surface area contributed by atoms with E-state index in [9.17, 15) is 8.42 Å². The first-order chi connectivity index (χ1) is 8.66. The summed E-state index contributed by atoms with van der Waals surface area (Å²) in [6, 6.07) is 4.71. The lowest BCUT2D eigenvalue weighted by Gasteiger charge is -2.24. The number of hydrogen-bond acceptors (Lipinski definition) is 3. The molecule has 19 heavy (non-hydrogen) atoms. The smallest absolute Gasteiger partial charge is 0.244 e. The first-order valence-corrected chi connectivity index (χ1v) is 8.81. The first kappa shape index (κ1) is 17.0. The second-order valence-electron chi connectivity index (χ2n) is 4.12. The summed E-state index contributed by atoms with van der Waals surface area (Å²) in [7, 11) is -2.08. The zero-order valence-electron chi connectivity index (χ0n) is 10.4. The van der Waals surface area contributed by atoms with Crippen LogP contribution in [0.25, 0.3) is 0 Å². The molecule has 0 heterocycles. The van der Waals surface area contributed by atoms with Gasteiger partial charge in [-0.05, 0) is 41.1 Å². The van der Waals surface area contributed by atoms with Crippen LogP contribution in [0.15, 0.2) is 32.0 Å². The van der Waals surface area contributed by atoms with Gasteiger partial charge in [-0.15, -0.1) is 0 Å². The molecule has 0 aromatic heterocycles. The second kappa shape index (κ2) is 6.62. The molecule has 0 saturated heterocycles. The van der Waals surface area contributed by atoms with E-state index in [0.29, 0.717) is 20.4 Å².